The first-order valence-electron chi connectivity index (χ1n) is 9.29. The molecule has 3 rings (SSSR count). The molecule has 0 aliphatic carbocycles. The third kappa shape index (κ3) is 3.61. The van der Waals surface area contributed by atoms with Gasteiger partial charge < -0.3 is 5.32 Å². The summed E-state index contributed by atoms with van der Waals surface area (Å²) in [5.41, 5.74) is 1.39. The number of hydrogen-bond acceptors (Lipinski definition) is 5. The molecule has 2 atom stereocenters. The van der Waals surface area contributed by atoms with Gasteiger partial charge in [-0.3, -0.25) is 29.4 Å². The van der Waals surface area contributed by atoms with E-state index in [1.54, 1.807) is 38.1 Å². The van der Waals surface area contributed by atoms with Gasteiger partial charge in [-0.2, -0.15) is 0 Å². The lowest BCUT2D eigenvalue weighted by Crippen LogP contribution is -2.50. The van der Waals surface area contributed by atoms with Crippen LogP contribution in [0.15, 0.2) is 42.5 Å². The molecule has 0 fully saturated rings. The Balaban J connectivity index is 1.92. The van der Waals surface area contributed by atoms with Crippen LogP contribution in [0.5, 0.6) is 0 Å². The van der Waals surface area contributed by atoms with Gasteiger partial charge in [0.25, 0.3) is 17.5 Å². The van der Waals surface area contributed by atoms with Crippen LogP contribution in [0.4, 0.5) is 11.4 Å². The average molecular weight is 395 g/mol. The summed E-state index contributed by atoms with van der Waals surface area (Å²) < 4.78 is 0. The zero-order valence-corrected chi connectivity index (χ0v) is 16.3. The van der Waals surface area contributed by atoms with Crippen molar-refractivity contribution in [3.05, 3.63) is 69.3 Å². The van der Waals surface area contributed by atoms with Crippen molar-refractivity contribution in [1.29, 1.82) is 0 Å². The fourth-order valence-corrected chi connectivity index (χ4v) is 3.42. The number of nitrogens with zero attached hydrogens (tertiary/aromatic N) is 2. The van der Waals surface area contributed by atoms with Crippen LogP contribution in [0.25, 0.3) is 0 Å². The van der Waals surface area contributed by atoms with E-state index in [-0.39, 0.29) is 22.7 Å². The summed E-state index contributed by atoms with van der Waals surface area (Å²) in [7, 11) is 0. The average Bonchev–Trinajstić information content (AvgIpc) is 2.95. The molecule has 29 heavy (non-hydrogen) atoms. The highest BCUT2D eigenvalue weighted by Crippen LogP contribution is 2.29. The van der Waals surface area contributed by atoms with Gasteiger partial charge in [-0.05, 0) is 36.6 Å². The third-order valence-electron chi connectivity index (χ3n) is 5.23. The number of nitro groups is 1. The van der Waals surface area contributed by atoms with Crippen molar-refractivity contribution in [3.8, 4) is 0 Å². The summed E-state index contributed by atoms with van der Waals surface area (Å²) in [5.74, 6) is -1.78. The van der Waals surface area contributed by atoms with Crippen LogP contribution in [-0.4, -0.2) is 33.6 Å². The summed E-state index contributed by atoms with van der Waals surface area (Å²) in [4.78, 5) is 50.3. The first-order valence-corrected chi connectivity index (χ1v) is 9.29. The smallest absolute Gasteiger partial charge is 0.269 e. The van der Waals surface area contributed by atoms with Crippen molar-refractivity contribution in [2.45, 2.75) is 33.2 Å². The van der Waals surface area contributed by atoms with Crippen molar-refractivity contribution in [2.24, 2.45) is 5.92 Å². The highest BCUT2D eigenvalue weighted by Gasteiger charge is 2.44. The summed E-state index contributed by atoms with van der Waals surface area (Å²) in [5, 5.41) is 13.6. The fraction of sp³-hybridized carbons (Fsp3) is 0.286. The van der Waals surface area contributed by atoms with E-state index in [0.717, 1.165) is 4.90 Å². The Hall–Kier alpha value is -3.55. The van der Waals surface area contributed by atoms with Gasteiger partial charge in [0, 0.05) is 17.8 Å². The Morgan fingerprint density at radius 2 is 1.72 bits per heavy atom. The van der Waals surface area contributed by atoms with Gasteiger partial charge in [-0.15, -0.1) is 0 Å². The number of anilines is 1. The number of non-ortho nitro benzene ring substituents is 1. The molecule has 8 heteroatoms. The molecule has 0 saturated carbocycles. The summed E-state index contributed by atoms with van der Waals surface area (Å²) in [6.45, 7) is 5.32. The van der Waals surface area contributed by atoms with Crippen LogP contribution in [0.3, 0.4) is 0 Å². The molecule has 0 spiro atoms. The number of nitro benzene ring substituents is 1. The zero-order valence-electron chi connectivity index (χ0n) is 16.3. The first-order chi connectivity index (χ1) is 13.8. The standard InChI is InChI=1S/C21H21N3O5/c1-4-12(2)18(23-20(26)15-7-5-6-8-16(15)21(23)27)19(25)22-17-10-9-14(24(28)29)11-13(17)3/h5-12,18H,4H2,1-3H3,(H,22,25). The normalized spacial score (nSPS) is 15.1. The van der Waals surface area contributed by atoms with E-state index in [2.05, 4.69) is 5.32 Å². The maximum absolute atomic E-state index is 13.1. The molecule has 1 aliphatic rings. The summed E-state index contributed by atoms with van der Waals surface area (Å²) in [6.07, 6.45) is 0.574. The van der Waals surface area contributed by atoms with E-state index in [1.165, 1.54) is 18.2 Å². The Morgan fingerprint density at radius 3 is 2.21 bits per heavy atom. The number of aryl methyl sites for hydroxylation is 1. The van der Waals surface area contributed by atoms with Crippen LogP contribution in [0.2, 0.25) is 0 Å². The Labute approximate surface area is 167 Å². The van der Waals surface area contributed by atoms with E-state index in [4.69, 9.17) is 0 Å². The van der Waals surface area contributed by atoms with Gasteiger partial charge >= 0.3 is 0 Å². The van der Waals surface area contributed by atoms with Crippen molar-refractivity contribution >= 4 is 29.1 Å². The SMILES string of the molecule is CCC(C)C(C(=O)Nc1ccc([N+](=O)[O-])cc1C)N1C(=O)c2ccccc2C1=O. The fourth-order valence-electron chi connectivity index (χ4n) is 3.42. The number of imide groups is 1. The number of fused-ring (bicyclic) bond motifs is 1. The molecule has 2 unspecified atom stereocenters. The topological polar surface area (TPSA) is 110 Å². The lowest BCUT2D eigenvalue weighted by molar-refractivity contribution is -0.384. The number of nitrogens with one attached hydrogen (secondary N) is 1. The van der Waals surface area contributed by atoms with Crippen LogP contribution in [0, 0.1) is 23.0 Å². The van der Waals surface area contributed by atoms with Crippen molar-refractivity contribution in [1.82, 2.24) is 4.90 Å². The van der Waals surface area contributed by atoms with Gasteiger partial charge in [0.1, 0.15) is 6.04 Å². The molecule has 0 aromatic heterocycles. The second-order valence-corrected chi connectivity index (χ2v) is 7.10. The van der Waals surface area contributed by atoms with Crippen LogP contribution >= 0.6 is 0 Å². The number of amides is 3. The molecule has 1 aliphatic heterocycles. The number of carbonyl (C=O) groups is 3. The van der Waals surface area contributed by atoms with Gasteiger partial charge in [-0.25, -0.2) is 0 Å². The van der Waals surface area contributed by atoms with Crippen molar-refractivity contribution < 1.29 is 19.3 Å². The highest BCUT2D eigenvalue weighted by atomic mass is 16.6. The molecule has 3 amide bonds. The second-order valence-electron chi connectivity index (χ2n) is 7.10. The second kappa shape index (κ2) is 7.83. The monoisotopic (exact) mass is 395 g/mol. The lowest BCUT2D eigenvalue weighted by Gasteiger charge is -2.30. The maximum Gasteiger partial charge on any atom is 0.269 e. The molecule has 0 radical (unpaired) electrons. The molecule has 2 aromatic carbocycles. The van der Waals surface area contributed by atoms with Gasteiger partial charge in [0.15, 0.2) is 0 Å². The van der Waals surface area contributed by atoms with Gasteiger partial charge in [0.05, 0.1) is 16.1 Å². The van der Waals surface area contributed by atoms with Gasteiger partial charge in [0.2, 0.25) is 5.91 Å². The molecular formula is C21H21N3O5. The number of rotatable bonds is 6. The predicted molar refractivity (Wildman–Crippen MR) is 107 cm³/mol. The maximum atomic E-state index is 13.1. The number of carbonyl (C=O) groups excluding carboxylic acids is 3. The minimum absolute atomic E-state index is 0.0840. The van der Waals surface area contributed by atoms with E-state index in [9.17, 15) is 24.5 Å². The molecule has 8 nitrogen and oxygen atoms in total. The van der Waals surface area contributed by atoms with Gasteiger partial charge in [-0.1, -0.05) is 32.4 Å². The van der Waals surface area contributed by atoms with E-state index >= 15 is 0 Å². The van der Waals surface area contributed by atoms with Crippen molar-refractivity contribution in [3.63, 3.8) is 0 Å². The molecular weight excluding hydrogens is 374 g/mol. The van der Waals surface area contributed by atoms with Crippen molar-refractivity contribution in [2.75, 3.05) is 5.32 Å². The quantitative estimate of drug-likeness (QED) is 0.457. The summed E-state index contributed by atoms with van der Waals surface area (Å²) >= 11 is 0. The summed E-state index contributed by atoms with van der Waals surface area (Å²) in [6, 6.07) is 9.59. The zero-order chi connectivity index (χ0) is 21.3. The molecule has 2 aromatic rings. The van der Waals surface area contributed by atoms with E-state index in [0.29, 0.717) is 17.7 Å². The van der Waals surface area contributed by atoms with E-state index in [1.807, 2.05) is 6.92 Å². The minimum atomic E-state index is -0.998. The van der Waals surface area contributed by atoms with E-state index < -0.39 is 28.7 Å². The van der Waals surface area contributed by atoms with Crippen LogP contribution in [-0.2, 0) is 4.79 Å². The Bertz CT molecular complexity index is 982. The molecule has 0 bridgehead atoms. The Kier molecular flexibility index (Phi) is 5.45. The van der Waals surface area contributed by atoms with Crippen LogP contribution in [0.1, 0.15) is 46.5 Å². The lowest BCUT2D eigenvalue weighted by atomic mass is 9.96. The van der Waals surface area contributed by atoms with Crippen LogP contribution < -0.4 is 5.32 Å². The first kappa shape index (κ1) is 20.2. The highest BCUT2D eigenvalue weighted by molar-refractivity contribution is 6.23. The molecule has 1 N–H and O–H groups in total. The number of benzene rings is 2. The number of hydrogen-bond donors (Lipinski definition) is 1. The largest absolute Gasteiger partial charge is 0.324 e. The molecule has 1 heterocycles. The minimum Gasteiger partial charge on any atom is -0.324 e. The third-order valence-corrected chi connectivity index (χ3v) is 5.23. The predicted octanol–water partition coefficient (Wildman–Crippen LogP) is 3.55. The Morgan fingerprint density at radius 1 is 1.14 bits per heavy atom. The molecule has 0 saturated heterocycles. The molecule has 150 valence electrons.